The smallest absolute Gasteiger partial charge is 0.408 e. The molecule has 18 heavy (non-hydrogen) atoms. The second-order valence-electron chi connectivity index (χ2n) is 6.45. The third kappa shape index (κ3) is 6.21. The highest BCUT2D eigenvalue weighted by Gasteiger charge is 2.26. The normalized spacial score (nSPS) is 20.8. The summed E-state index contributed by atoms with van der Waals surface area (Å²) in [5.41, 5.74) is -0.808. The molecule has 5 nitrogen and oxygen atoms in total. The lowest BCUT2D eigenvalue weighted by Gasteiger charge is -2.29. The summed E-state index contributed by atoms with van der Waals surface area (Å²) < 4.78 is 10.5. The van der Waals surface area contributed by atoms with Gasteiger partial charge in [0.15, 0.2) is 0 Å². The first-order valence-corrected chi connectivity index (χ1v) is 6.50. The van der Waals surface area contributed by atoms with E-state index in [0.29, 0.717) is 12.6 Å². The van der Waals surface area contributed by atoms with Crippen LogP contribution < -0.4 is 10.6 Å². The molecule has 0 saturated carbocycles. The maximum atomic E-state index is 11.7. The lowest BCUT2D eigenvalue weighted by Crippen LogP contribution is -2.53. The Morgan fingerprint density at radius 1 is 1.33 bits per heavy atom. The minimum absolute atomic E-state index is 0.342. The van der Waals surface area contributed by atoms with Crippen molar-refractivity contribution in [2.75, 3.05) is 19.8 Å². The van der Waals surface area contributed by atoms with Gasteiger partial charge in [-0.1, -0.05) is 0 Å². The van der Waals surface area contributed by atoms with Crippen molar-refractivity contribution in [3.63, 3.8) is 0 Å². The first kappa shape index (κ1) is 15.2. The van der Waals surface area contributed by atoms with Gasteiger partial charge in [0, 0.05) is 19.2 Å². The van der Waals surface area contributed by atoms with Crippen molar-refractivity contribution in [1.82, 2.24) is 10.6 Å². The van der Waals surface area contributed by atoms with Crippen LogP contribution in [-0.4, -0.2) is 43.0 Å². The molecule has 0 radical (unpaired) electrons. The van der Waals surface area contributed by atoms with E-state index in [4.69, 9.17) is 9.47 Å². The maximum absolute atomic E-state index is 11.7. The molecule has 1 rings (SSSR count). The number of rotatable bonds is 4. The number of ether oxygens (including phenoxy) is 2. The molecule has 1 atom stereocenters. The van der Waals surface area contributed by atoms with Crippen LogP contribution in [0.4, 0.5) is 4.79 Å². The molecular formula is C13H26N2O3. The minimum atomic E-state index is -0.465. The standard InChI is InChI=1S/C13H26N2O3/c1-12(2,3)18-11(16)15-13(4,5)9-14-10-6-7-17-8-10/h10,14H,6-9H2,1-5H3,(H,15,16). The Labute approximate surface area is 110 Å². The number of hydrogen-bond acceptors (Lipinski definition) is 4. The van der Waals surface area contributed by atoms with E-state index in [0.717, 1.165) is 19.6 Å². The Morgan fingerprint density at radius 2 is 2.00 bits per heavy atom. The Kier molecular flexibility index (Phi) is 4.99. The molecule has 0 aromatic carbocycles. The summed E-state index contributed by atoms with van der Waals surface area (Å²) in [7, 11) is 0. The average Bonchev–Trinajstić information content (AvgIpc) is 2.62. The first-order valence-electron chi connectivity index (χ1n) is 6.50. The van der Waals surface area contributed by atoms with Crippen molar-refractivity contribution in [3.05, 3.63) is 0 Å². The third-order valence-corrected chi connectivity index (χ3v) is 2.60. The number of hydrogen-bond donors (Lipinski definition) is 2. The van der Waals surface area contributed by atoms with Crippen LogP contribution in [0.1, 0.15) is 41.0 Å². The number of amides is 1. The maximum Gasteiger partial charge on any atom is 0.408 e. The van der Waals surface area contributed by atoms with Crippen LogP contribution in [0, 0.1) is 0 Å². The summed E-state index contributed by atoms with van der Waals surface area (Å²) in [5.74, 6) is 0. The zero-order valence-corrected chi connectivity index (χ0v) is 12.1. The quantitative estimate of drug-likeness (QED) is 0.805. The van der Waals surface area contributed by atoms with Crippen molar-refractivity contribution >= 4 is 6.09 Å². The van der Waals surface area contributed by atoms with Gasteiger partial charge in [0.05, 0.1) is 12.1 Å². The van der Waals surface area contributed by atoms with Gasteiger partial charge in [-0.05, 0) is 41.0 Å². The van der Waals surface area contributed by atoms with Crippen LogP contribution in [0.3, 0.4) is 0 Å². The monoisotopic (exact) mass is 258 g/mol. The molecule has 0 spiro atoms. The molecule has 1 fully saturated rings. The van der Waals surface area contributed by atoms with E-state index in [1.807, 2.05) is 34.6 Å². The Balaban J connectivity index is 2.31. The second kappa shape index (κ2) is 5.89. The van der Waals surface area contributed by atoms with Crippen molar-refractivity contribution < 1.29 is 14.3 Å². The van der Waals surface area contributed by atoms with E-state index >= 15 is 0 Å². The Hall–Kier alpha value is -0.810. The molecular weight excluding hydrogens is 232 g/mol. The van der Waals surface area contributed by atoms with Crippen LogP contribution in [0.15, 0.2) is 0 Å². The molecule has 0 aromatic rings. The third-order valence-electron chi connectivity index (χ3n) is 2.60. The van der Waals surface area contributed by atoms with Crippen LogP contribution in [0.2, 0.25) is 0 Å². The van der Waals surface area contributed by atoms with Crippen LogP contribution in [0.25, 0.3) is 0 Å². The lowest BCUT2D eigenvalue weighted by atomic mass is 10.1. The molecule has 1 saturated heterocycles. The van der Waals surface area contributed by atoms with Crippen LogP contribution in [-0.2, 0) is 9.47 Å². The van der Waals surface area contributed by atoms with E-state index in [9.17, 15) is 4.79 Å². The number of carbonyl (C=O) groups excluding carboxylic acids is 1. The highest BCUT2D eigenvalue weighted by molar-refractivity contribution is 5.68. The largest absolute Gasteiger partial charge is 0.444 e. The van der Waals surface area contributed by atoms with Crippen molar-refractivity contribution in [3.8, 4) is 0 Å². The Morgan fingerprint density at radius 3 is 2.50 bits per heavy atom. The fourth-order valence-corrected chi connectivity index (χ4v) is 1.72. The van der Waals surface area contributed by atoms with Gasteiger partial charge < -0.3 is 20.1 Å². The highest BCUT2D eigenvalue weighted by Crippen LogP contribution is 2.10. The van der Waals surface area contributed by atoms with E-state index in [1.165, 1.54) is 0 Å². The molecule has 0 bridgehead atoms. The average molecular weight is 258 g/mol. The van der Waals surface area contributed by atoms with E-state index < -0.39 is 5.60 Å². The number of nitrogens with one attached hydrogen (secondary N) is 2. The minimum Gasteiger partial charge on any atom is -0.444 e. The van der Waals surface area contributed by atoms with Crippen LogP contribution >= 0.6 is 0 Å². The molecule has 1 heterocycles. The van der Waals surface area contributed by atoms with Crippen molar-refractivity contribution in [1.29, 1.82) is 0 Å². The van der Waals surface area contributed by atoms with Crippen molar-refractivity contribution in [2.45, 2.75) is 58.2 Å². The zero-order chi connectivity index (χ0) is 13.8. The predicted octanol–water partition coefficient (Wildman–Crippen LogP) is 1.67. The second-order valence-corrected chi connectivity index (χ2v) is 6.45. The van der Waals surface area contributed by atoms with Gasteiger partial charge in [0.2, 0.25) is 0 Å². The van der Waals surface area contributed by atoms with Crippen LogP contribution in [0.5, 0.6) is 0 Å². The predicted molar refractivity (Wildman–Crippen MR) is 70.7 cm³/mol. The SMILES string of the molecule is CC(C)(CNC1CCOC1)NC(=O)OC(C)(C)C. The summed E-state index contributed by atoms with van der Waals surface area (Å²) in [4.78, 5) is 11.7. The van der Waals surface area contributed by atoms with Gasteiger partial charge in [0.25, 0.3) is 0 Å². The Bertz CT molecular complexity index is 278. The molecule has 1 aliphatic heterocycles. The van der Waals surface area contributed by atoms with E-state index in [2.05, 4.69) is 10.6 Å². The lowest BCUT2D eigenvalue weighted by molar-refractivity contribution is 0.0470. The number of carbonyl (C=O) groups is 1. The van der Waals surface area contributed by atoms with Gasteiger partial charge in [0.1, 0.15) is 5.60 Å². The summed E-state index contributed by atoms with van der Waals surface area (Å²) >= 11 is 0. The fraction of sp³-hybridized carbons (Fsp3) is 0.923. The zero-order valence-electron chi connectivity index (χ0n) is 12.1. The molecule has 2 N–H and O–H groups in total. The molecule has 1 aliphatic rings. The van der Waals surface area contributed by atoms with Gasteiger partial charge in [-0.25, -0.2) is 4.79 Å². The summed E-state index contributed by atoms with van der Waals surface area (Å²) in [6.07, 6.45) is 0.652. The van der Waals surface area contributed by atoms with Gasteiger partial charge in [-0.2, -0.15) is 0 Å². The van der Waals surface area contributed by atoms with Gasteiger partial charge in [-0.15, -0.1) is 0 Å². The van der Waals surface area contributed by atoms with E-state index in [-0.39, 0.29) is 11.6 Å². The van der Waals surface area contributed by atoms with Gasteiger partial charge >= 0.3 is 6.09 Å². The summed E-state index contributed by atoms with van der Waals surface area (Å²) in [6.45, 7) is 11.8. The summed E-state index contributed by atoms with van der Waals surface area (Å²) in [5, 5.41) is 6.27. The molecule has 0 aromatic heterocycles. The van der Waals surface area contributed by atoms with Crippen molar-refractivity contribution in [2.24, 2.45) is 0 Å². The molecule has 1 unspecified atom stereocenters. The number of alkyl carbamates (subject to hydrolysis) is 1. The fourth-order valence-electron chi connectivity index (χ4n) is 1.72. The topological polar surface area (TPSA) is 59.6 Å². The van der Waals surface area contributed by atoms with E-state index in [1.54, 1.807) is 0 Å². The first-order chi connectivity index (χ1) is 8.18. The molecule has 1 amide bonds. The molecule has 5 heteroatoms. The summed E-state index contributed by atoms with van der Waals surface area (Å²) in [6, 6.07) is 0.393. The highest BCUT2D eigenvalue weighted by atomic mass is 16.6. The molecule has 106 valence electrons. The molecule has 0 aliphatic carbocycles. The van der Waals surface area contributed by atoms with Gasteiger partial charge in [-0.3, -0.25) is 0 Å².